The van der Waals surface area contributed by atoms with Crippen LogP contribution < -0.4 is 5.73 Å². The van der Waals surface area contributed by atoms with Gasteiger partial charge in [0.15, 0.2) is 11.6 Å². The van der Waals surface area contributed by atoms with Gasteiger partial charge in [-0.2, -0.15) is 5.26 Å². The zero-order valence-corrected chi connectivity index (χ0v) is 13.4. The molecule has 24 heavy (non-hydrogen) atoms. The minimum atomic E-state index is -1.20. The van der Waals surface area contributed by atoms with Crippen LogP contribution in [0.3, 0.4) is 0 Å². The first kappa shape index (κ1) is 17.5. The lowest BCUT2D eigenvalue weighted by molar-refractivity contribution is -0.139. The smallest absolute Gasteiger partial charge is 0.338 e. The lowest BCUT2D eigenvalue weighted by Gasteiger charge is -2.27. The fourth-order valence-corrected chi connectivity index (χ4v) is 2.63. The molecule has 0 saturated heterocycles. The molecule has 0 spiro atoms. The number of carbonyl (C=O) groups excluding carboxylic acids is 1. The molecule has 126 valence electrons. The van der Waals surface area contributed by atoms with Crippen LogP contribution in [0.5, 0.6) is 0 Å². The summed E-state index contributed by atoms with van der Waals surface area (Å²) in [5.41, 5.74) is 5.72. The van der Waals surface area contributed by atoms with E-state index in [1.54, 1.807) is 13.8 Å². The topological polar surface area (TPSA) is 85.3 Å². The van der Waals surface area contributed by atoms with Gasteiger partial charge in [0.25, 0.3) is 0 Å². The molecule has 0 aliphatic carbocycles. The molecule has 0 amide bonds. The molecule has 0 fully saturated rings. The summed E-state index contributed by atoms with van der Waals surface area (Å²) < 4.78 is 38.4. The Hall–Kier alpha value is -2.88. The Bertz CT molecular complexity index is 807. The molecule has 2 N–H and O–H groups in total. The average Bonchev–Trinajstić information content (AvgIpc) is 2.50. The molecule has 1 aliphatic heterocycles. The standard InChI is InChI=1S/C17H16F2N2O3/c1-4-23-17(22)13-9(3)24-16(21)11(7-20)14(13)10-5-8(2)6-12(18)15(10)19/h5-6,14H,4,21H2,1-3H3. The van der Waals surface area contributed by atoms with Crippen molar-refractivity contribution in [2.45, 2.75) is 26.7 Å². The van der Waals surface area contributed by atoms with Crippen LogP contribution in [0, 0.1) is 29.9 Å². The molecule has 1 atom stereocenters. The molecule has 1 aromatic carbocycles. The molecule has 0 aromatic heterocycles. The van der Waals surface area contributed by atoms with Crippen molar-refractivity contribution in [3.8, 4) is 6.07 Å². The van der Waals surface area contributed by atoms with Crippen LogP contribution in [0.15, 0.2) is 34.9 Å². The summed E-state index contributed by atoms with van der Waals surface area (Å²) in [4.78, 5) is 12.3. The van der Waals surface area contributed by atoms with E-state index in [0.717, 1.165) is 6.07 Å². The zero-order chi connectivity index (χ0) is 18.0. The van der Waals surface area contributed by atoms with Crippen molar-refractivity contribution < 1.29 is 23.0 Å². The van der Waals surface area contributed by atoms with Crippen molar-refractivity contribution >= 4 is 5.97 Å². The van der Waals surface area contributed by atoms with Crippen LogP contribution in [-0.2, 0) is 14.3 Å². The molecule has 1 aromatic rings. The Morgan fingerprint density at radius 2 is 2.08 bits per heavy atom. The molecule has 1 unspecified atom stereocenters. The number of nitrogens with zero attached hydrogens (tertiary/aromatic N) is 1. The number of nitrogens with two attached hydrogens (primary N) is 1. The minimum absolute atomic E-state index is 0.0773. The molecule has 2 rings (SSSR count). The second-order valence-corrected chi connectivity index (χ2v) is 5.27. The summed E-state index contributed by atoms with van der Waals surface area (Å²) in [6, 6.07) is 4.21. The molecule has 1 heterocycles. The molecule has 5 nitrogen and oxygen atoms in total. The maximum absolute atomic E-state index is 14.4. The van der Waals surface area contributed by atoms with Gasteiger partial charge in [-0.25, -0.2) is 13.6 Å². The summed E-state index contributed by atoms with van der Waals surface area (Å²) in [6.07, 6.45) is 0. The van der Waals surface area contributed by atoms with Gasteiger partial charge < -0.3 is 15.2 Å². The fourth-order valence-electron chi connectivity index (χ4n) is 2.63. The Kier molecular flexibility index (Phi) is 4.88. The molecular formula is C17H16F2N2O3. The van der Waals surface area contributed by atoms with E-state index < -0.39 is 23.5 Å². The van der Waals surface area contributed by atoms with E-state index in [9.17, 15) is 18.8 Å². The minimum Gasteiger partial charge on any atom is -0.463 e. The van der Waals surface area contributed by atoms with E-state index in [-0.39, 0.29) is 35.0 Å². The normalized spacial score (nSPS) is 17.4. The van der Waals surface area contributed by atoms with Gasteiger partial charge in [-0.05, 0) is 32.4 Å². The number of rotatable bonds is 3. The SMILES string of the molecule is CCOC(=O)C1=C(C)OC(N)=C(C#N)C1c1cc(C)cc(F)c1F. The van der Waals surface area contributed by atoms with Gasteiger partial charge in [0.05, 0.1) is 18.1 Å². The van der Waals surface area contributed by atoms with Crippen LogP contribution in [0.4, 0.5) is 8.78 Å². The third-order valence-corrected chi connectivity index (χ3v) is 3.61. The third kappa shape index (κ3) is 2.95. The number of esters is 1. The van der Waals surface area contributed by atoms with Crippen LogP contribution in [-0.4, -0.2) is 12.6 Å². The van der Waals surface area contributed by atoms with E-state index >= 15 is 0 Å². The maximum Gasteiger partial charge on any atom is 0.338 e. The highest BCUT2D eigenvalue weighted by Crippen LogP contribution is 2.41. The number of benzene rings is 1. The summed E-state index contributed by atoms with van der Waals surface area (Å²) in [5, 5.41) is 9.38. The van der Waals surface area contributed by atoms with Crippen molar-refractivity contribution in [2.24, 2.45) is 5.73 Å². The first-order chi connectivity index (χ1) is 11.3. The van der Waals surface area contributed by atoms with Gasteiger partial charge in [0.1, 0.15) is 17.4 Å². The Morgan fingerprint density at radius 1 is 1.42 bits per heavy atom. The number of ether oxygens (including phenoxy) is 2. The van der Waals surface area contributed by atoms with Gasteiger partial charge in [-0.3, -0.25) is 0 Å². The van der Waals surface area contributed by atoms with Crippen molar-refractivity contribution in [2.75, 3.05) is 6.61 Å². The average molecular weight is 334 g/mol. The second-order valence-electron chi connectivity index (χ2n) is 5.27. The number of hydrogen-bond donors (Lipinski definition) is 1. The van der Waals surface area contributed by atoms with E-state index in [4.69, 9.17) is 15.2 Å². The van der Waals surface area contributed by atoms with Crippen LogP contribution in [0.25, 0.3) is 0 Å². The molecular weight excluding hydrogens is 318 g/mol. The summed E-state index contributed by atoms with van der Waals surface area (Å²) in [6.45, 7) is 4.71. The van der Waals surface area contributed by atoms with Crippen LogP contribution in [0.1, 0.15) is 30.9 Å². The second kappa shape index (κ2) is 6.71. The van der Waals surface area contributed by atoms with Gasteiger partial charge in [-0.15, -0.1) is 0 Å². The fraction of sp³-hybridized carbons (Fsp3) is 0.294. The maximum atomic E-state index is 14.4. The lowest BCUT2D eigenvalue weighted by atomic mass is 9.82. The predicted octanol–water partition coefficient (Wildman–Crippen LogP) is 2.92. The van der Waals surface area contributed by atoms with Gasteiger partial charge >= 0.3 is 5.97 Å². The highest BCUT2D eigenvalue weighted by molar-refractivity contribution is 5.92. The quantitative estimate of drug-likeness (QED) is 0.859. The van der Waals surface area contributed by atoms with Crippen molar-refractivity contribution in [1.82, 2.24) is 0 Å². The molecule has 1 aliphatic rings. The van der Waals surface area contributed by atoms with Gasteiger partial charge in [0.2, 0.25) is 5.88 Å². The molecule has 0 bridgehead atoms. The number of aryl methyl sites for hydroxylation is 1. The number of hydrogen-bond acceptors (Lipinski definition) is 5. The Labute approximate surface area is 138 Å². The Balaban J connectivity index is 2.75. The van der Waals surface area contributed by atoms with Crippen molar-refractivity contribution in [3.05, 3.63) is 57.7 Å². The van der Waals surface area contributed by atoms with E-state index in [2.05, 4.69) is 0 Å². The van der Waals surface area contributed by atoms with E-state index in [1.807, 2.05) is 6.07 Å². The largest absolute Gasteiger partial charge is 0.463 e. The van der Waals surface area contributed by atoms with Crippen molar-refractivity contribution in [1.29, 1.82) is 5.26 Å². The molecule has 0 saturated carbocycles. The Morgan fingerprint density at radius 3 is 2.67 bits per heavy atom. The number of halogens is 2. The zero-order valence-electron chi connectivity index (χ0n) is 13.4. The highest BCUT2D eigenvalue weighted by atomic mass is 19.2. The molecule has 0 radical (unpaired) electrons. The molecule has 7 heteroatoms. The first-order valence-corrected chi connectivity index (χ1v) is 7.22. The van der Waals surface area contributed by atoms with Crippen LogP contribution >= 0.6 is 0 Å². The van der Waals surface area contributed by atoms with Gasteiger partial charge in [0, 0.05) is 5.56 Å². The number of allylic oxidation sites excluding steroid dienone is 2. The van der Waals surface area contributed by atoms with Crippen molar-refractivity contribution in [3.63, 3.8) is 0 Å². The van der Waals surface area contributed by atoms with Crippen LogP contribution in [0.2, 0.25) is 0 Å². The van der Waals surface area contributed by atoms with Gasteiger partial charge in [-0.1, -0.05) is 6.07 Å². The first-order valence-electron chi connectivity index (χ1n) is 7.22. The third-order valence-electron chi connectivity index (χ3n) is 3.61. The van der Waals surface area contributed by atoms with E-state index in [1.165, 1.54) is 13.0 Å². The lowest BCUT2D eigenvalue weighted by Crippen LogP contribution is -2.26. The summed E-state index contributed by atoms with van der Waals surface area (Å²) >= 11 is 0. The number of carbonyl (C=O) groups is 1. The monoisotopic (exact) mass is 334 g/mol. The number of nitriles is 1. The highest BCUT2D eigenvalue weighted by Gasteiger charge is 2.38. The summed E-state index contributed by atoms with van der Waals surface area (Å²) in [5.74, 6) is -4.37. The summed E-state index contributed by atoms with van der Waals surface area (Å²) in [7, 11) is 0. The van der Waals surface area contributed by atoms with E-state index in [0.29, 0.717) is 5.56 Å². The predicted molar refractivity (Wildman–Crippen MR) is 81.1 cm³/mol.